The second kappa shape index (κ2) is 2.01. The van der Waals surface area contributed by atoms with Crippen molar-refractivity contribution in [3.05, 3.63) is 34.7 Å². The van der Waals surface area contributed by atoms with Crippen molar-refractivity contribution >= 4 is 11.8 Å². The first kappa shape index (κ1) is 5.38. The summed E-state index contributed by atoms with van der Waals surface area (Å²) in [6, 6.07) is 4.72. The molecule has 42 valence electrons. The second-order valence-corrected chi connectivity index (χ2v) is 1.71. The van der Waals surface area contributed by atoms with Gasteiger partial charge >= 0.3 is 0 Å². The molecule has 0 aliphatic heterocycles. The Morgan fingerprint density at radius 1 is 1.50 bits per heavy atom. The first-order valence-corrected chi connectivity index (χ1v) is 2.48. The van der Waals surface area contributed by atoms with E-state index in [4.69, 9.17) is 11.8 Å². The fourth-order valence-electron chi connectivity index (χ4n) is 0.408. The quantitative estimate of drug-likeness (QED) is 0.509. The molecule has 0 spiro atoms. The SMILES string of the molecule is O=c1ccccn1Cl. The zero-order chi connectivity index (χ0) is 5.98. The molecule has 0 bridgehead atoms. The van der Waals surface area contributed by atoms with E-state index in [1.165, 1.54) is 12.3 Å². The highest BCUT2D eigenvalue weighted by Gasteiger charge is 1.82. The number of nitrogens with zero attached hydrogens (tertiary/aromatic N) is 1. The van der Waals surface area contributed by atoms with Gasteiger partial charge in [0.2, 0.25) is 0 Å². The Morgan fingerprint density at radius 2 is 2.25 bits per heavy atom. The van der Waals surface area contributed by atoms with Crippen LogP contribution in [0.2, 0.25) is 0 Å². The molecule has 0 aromatic carbocycles. The number of hydrogen-bond donors (Lipinski definition) is 0. The first-order valence-electron chi connectivity index (χ1n) is 2.14. The Morgan fingerprint density at radius 3 is 2.62 bits per heavy atom. The molecular formula is C5H4ClNO. The average Bonchev–Trinajstić information content (AvgIpc) is 1.77. The van der Waals surface area contributed by atoms with Gasteiger partial charge in [-0.3, -0.25) is 4.79 Å². The number of halogens is 1. The van der Waals surface area contributed by atoms with E-state index in [1.807, 2.05) is 0 Å². The predicted molar refractivity (Wildman–Crippen MR) is 32.0 cm³/mol. The maximum Gasteiger partial charge on any atom is 0.265 e. The Hall–Kier alpha value is -0.760. The topological polar surface area (TPSA) is 22.0 Å². The Bertz CT molecular complexity index is 230. The van der Waals surface area contributed by atoms with E-state index in [1.54, 1.807) is 12.1 Å². The van der Waals surface area contributed by atoms with Crippen molar-refractivity contribution in [3.63, 3.8) is 0 Å². The van der Waals surface area contributed by atoms with Crippen LogP contribution in [0.4, 0.5) is 0 Å². The summed E-state index contributed by atoms with van der Waals surface area (Å²) >= 11 is 5.31. The lowest BCUT2D eigenvalue weighted by molar-refractivity contribution is 1.13. The highest BCUT2D eigenvalue weighted by molar-refractivity contribution is 6.15. The molecule has 0 N–H and O–H groups in total. The molecule has 1 aromatic rings. The average molecular weight is 130 g/mol. The Labute approximate surface area is 51.4 Å². The van der Waals surface area contributed by atoms with Gasteiger partial charge in [0.05, 0.1) is 0 Å². The lowest BCUT2D eigenvalue weighted by Crippen LogP contribution is -2.07. The normalized spacial score (nSPS) is 9.12. The minimum absolute atomic E-state index is 0.200. The van der Waals surface area contributed by atoms with Gasteiger partial charge in [0.25, 0.3) is 5.56 Å². The summed E-state index contributed by atoms with van der Waals surface area (Å²) in [5, 5.41) is 0. The van der Waals surface area contributed by atoms with Gasteiger partial charge in [-0.2, -0.15) is 0 Å². The molecule has 0 aliphatic carbocycles. The third-order valence-electron chi connectivity index (χ3n) is 0.777. The molecule has 0 saturated carbocycles. The Balaban J connectivity index is 3.35. The molecule has 0 atom stereocenters. The maximum atomic E-state index is 10.4. The van der Waals surface area contributed by atoms with Gasteiger partial charge in [0.15, 0.2) is 0 Å². The summed E-state index contributed by atoms with van der Waals surface area (Å²) in [6.07, 6.45) is 1.49. The minimum Gasteiger partial charge on any atom is -0.268 e. The summed E-state index contributed by atoms with van der Waals surface area (Å²) in [4.78, 5) is 10.4. The zero-order valence-electron chi connectivity index (χ0n) is 4.04. The molecule has 0 aliphatic rings. The minimum atomic E-state index is -0.200. The summed E-state index contributed by atoms with van der Waals surface area (Å²) in [7, 11) is 0. The zero-order valence-corrected chi connectivity index (χ0v) is 4.80. The highest BCUT2D eigenvalue weighted by atomic mass is 35.5. The van der Waals surface area contributed by atoms with Gasteiger partial charge < -0.3 is 0 Å². The third kappa shape index (κ3) is 0.898. The van der Waals surface area contributed by atoms with E-state index in [0.29, 0.717) is 0 Å². The number of hydrogen-bond acceptors (Lipinski definition) is 1. The fraction of sp³-hybridized carbons (Fsp3) is 0. The van der Waals surface area contributed by atoms with Crippen LogP contribution in [0, 0.1) is 0 Å². The van der Waals surface area contributed by atoms with Crippen molar-refractivity contribution in [2.75, 3.05) is 0 Å². The summed E-state index contributed by atoms with van der Waals surface area (Å²) in [6.45, 7) is 0. The largest absolute Gasteiger partial charge is 0.268 e. The molecule has 1 rings (SSSR count). The van der Waals surface area contributed by atoms with Crippen molar-refractivity contribution in [3.8, 4) is 0 Å². The van der Waals surface area contributed by atoms with E-state index < -0.39 is 0 Å². The standard InChI is InChI=1S/C5H4ClNO/c6-7-4-2-1-3-5(7)8/h1-4H. The van der Waals surface area contributed by atoms with Gasteiger partial charge in [0.1, 0.15) is 0 Å². The van der Waals surface area contributed by atoms with Crippen molar-refractivity contribution < 1.29 is 0 Å². The van der Waals surface area contributed by atoms with Gasteiger partial charge in [-0.1, -0.05) is 6.07 Å². The predicted octanol–water partition coefficient (Wildman–Crippen LogP) is 0.850. The van der Waals surface area contributed by atoms with Gasteiger partial charge in [-0.15, -0.1) is 0 Å². The van der Waals surface area contributed by atoms with Crippen molar-refractivity contribution in [2.45, 2.75) is 0 Å². The van der Waals surface area contributed by atoms with Crippen LogP contribution in [0.5, 0.6) is 0 Å². The van der Waals surface area contributed by atoms with Crippen molar-refractivity contribution in [2.24, 2.45) is 0 Å². The second-order valence-electron chi connectivity index (χ2n) is 1.35. The summed E-state index contributed by atoms with van der Waals surface area (Å²) in [5.74, 6) is 0. The van der Waals surface area contributed by atoms with Crippen LogP contribution in [0.25, 0.3) is 0 Å². The van der Waals surface area contributed by atoms with E-state index in [0.717, 1.165) is 4.09 Å². The molecule has 0 unspecified atom stereocenters. The van der Waals surface area contributed by atoms with Crippen LogP contribution in [-0.2, 0) is 0 Å². The summed E-state index contributed by atoms with van der Waals surface area (Å²) < 4.78 is 1.00. The van der Waals surface area contributed by atoms with Gasteiger partial charge in [-0.05, 0) is 6.07 Å². The molecule has 0 fully saturated rings. The fourth-order valence-corrected chi connectivity index (χ4v) is 0.529. The molecule has 0 radical (unpaired) electrons. The number of rotatable bonds is 0. The molecule has 1 aromatic heterocycles. The lowest BCUT2D eigenvalue weighted by atomic mass is 10.5. The smallest absolute Gasteiger partial charge is 0.265 e. The van der Waals surface area contributed by atoms with Crippen molar-refractivity contribution in [1.82, 2.24) is 4.09 Å². The molecule has 2 nitrogen and oxygen atoms in total. The Kier molecular flexibility index (Phi) is 1.35. The van der Waals surface area contributed by atoms with Crippen LogP contribution >= 0.6 is 11.8 Å². The third-order valence-corrected chi connectivity index (χ3v) is 1.06. The van der Waals surface area contributed by atoms with E-state index >= 15 is 0 Å². The molecule has 1 heterocycles. The summed E-state index contributed by atoms with van der Waals surface area (Å²) in [5.41, 5.74) is -0.200. The first-order chi connectivity index (χ1) is 3.80. The van der Waals surface area contributed by atoms with Crippen LogP contribution in [-0.4, -0.2) is 4.09 Å². The monoisotopic (exact) mass is 129 g/mol. The maximum absolute atomic E-state index is 10.4. The van der Waals surface area contributed by atoms with Gasteiger partial charge in [0, 0.05) is 24.0 Å². The van der Waals surface area contributed by atoms with E-state index in [2.05, 4.69) is 0 Å². The number of aromatic nitrogens is 1. The molecule has 0 saturated heterocycles. The lowest BCUT2D eigenvalue weighted by Gasteiger charge is -1.85. The van der Waals surface area contributed by atoms with E-state index in [-0.39, 0.29) is 5.56 Å². The molecule has 3 heteroatoms. The van der Waals surface area contributed by atoms with Gasteiger partial charge in [-0.25, -0.2) is 4.09 Å². The van der Waals surface area contributed by atoms with Crippen LogP contribution < -0.4 is 5.56 Å². The molecular weight excluding hydrogens is 126 g/mol. The van der Waals surface area contributed by atoms with Crippen molar-refractivity contribution in [1.29, 1.82) is 0 Å². The molecule has 8 heavy (non-hydrogen) atoms. The van der Waals surface area contributed by atoms with E-state index in [9.17, 15) is 4.79 Å². The van der Waals surface area contributed by atoms with Crippen LogP contribution in [0.3, 0.4) is 0 Å². The highest BCUT2D eigenvalue weighted by Crippen LogP contribution is 1.80. The number of pyridine rings is 1. The van der Waals surface area contributed by atoms with Crippen LogP contribution in [0.1, 0.15) is 0 Å². The molecule has 0 amide bonds. The van der Waals surface area contributed by atoms with Crippen LogP contribution in [0.15, 0.2) is 29.2 Å².